The van der Waals surface area contributed by atoms with E-state index >= 15 is 0 Å². The molecule has 0 rings (SSSR count). The Kier molecular flexibility index (Phi) is 14.0. The van der Waals surface area contributed by atoms with Gasteiger partial charge in [0.2, 0.25) is 0 Å². The van der Waals surface area contributed by atoms with Crippen molar-refractivity contribution in [2.24, 2.45) is 10.2 Å². The predicted octanol–water partition coefficient (Wildman–Crippen LogP) is 0.966. The van der Waals surface area contributed by atoms with Gasteiger partial charge in [0.15, 0.2) is 0 Å². The summed E-state index contributed by atoms with van der Waals surface area (Å²) < 4.78 is 55.0. The van der Waals surface area contributed by atoms with E-state index in [0.717, 1.165) is 8.83 Å². The molecule has 0 aliphatic heterocycles. The van der Waals surface area contributed by atoms with Crippen LogP contribution in [-0.2, 0) is 20.4 Å². The van der Waals surface area contributed by atoms with E-state index in [-0.39, 0.29) is 61.1 Å². The Morgan fingerprint density at radius 1 is 0.714 bits per heavy atom. The fourth-order valence-electron chi connectivity index (χ4n) is 1.56. The summed E-state index contributed by atoms with van der Waals surface area (Å²) in [5.41, 5.74) is 0.321. The van der Waals surface area contributed by atoms with Gasteiger partial charge in [-0.05, 0) is 13.8 Å². The average Bonchev–Trinajstić information content (AvgIpc) is 2.63. The van der Waals surface area contributed by atoms with Gasteiger partial charge in [-0.15, -0.1) is 46.4 Å². The van der Waals surface area contributed by atoms with Crippen LogP contribution in [0.3, 0.4) is 0 Å². The zero-order chi connectivity index (χ0) is 21.8. The molecule has 0 spiro atoms. The molecule has 0 bridgehead atoms. The number of hydrogen-bond acceptors (Lipinski definition) is 6. The van der Waals surface area contributed by atoms with Crippen molar-refractivity contribution in [3.63, 3.8) is 0 Å². The number of nitrogens with zero attached hydrogens (tertiary/aromatic N) is 4. The number of rotatable bonds is 15. The second kappa shape index (κ2) is 14.0. The van der Waals surface area contributed by atoms with Crippen LogP contribution in [-0.4, -0.2) is 86.8 Å². The number of hydrazone groups is 2. The van der Waals surface area contributed by atoms with Crippen LogP contribution >= 0.6 is 46.4 Å². The highest BCUT2D eigenvalue weighted by molar-refractivity contribution is 7.87. The van der Waals surface area contributed by atoms with Crippen LogP contribution < -0.4 is 9.44 Å². The van der Waals surface area contributed by atoms with Crippen LogP contribution in [0.4, 0.5) is 0 Å². The van der Waals surface area contributed by atoms with Crippen LogP contribution in [0.5, 0.6) is 0 Å². The predicted molar refractivity (Wildman–Crippen MR) is 116 cm³/mol. The SMILES string of the molecule is CC(=N\N(CCCl)S(=O)(=O)NCCCl)/C(C)=N/N(CCCl)S(=O)(=O)NCCCl. The lowest BCUT2D eigenvalue weighted by Gasteiger charge is -2.21. The van der Waals surface area contributed by atoms with Crippen molar-refractivity contribution in [1.82, 2.24) is 18.3 Å². The monoisotopic (exact) mass is 520 g/mol. The van der Waals surface area contributed by atoms with E-state index in [2.05, 4.69) is 19.6 Å². The van der Waals surface area contributed by atoms with Crippen LogP contribution in [0, 0.1) is 0 Å². The summed E-state index contributed by atoms with van der Waals surface area (Å²) in [6, 6.07) is 0. The molecule has 0 atom stereocenters. The molecule has 0 amide bonds. The molecule has 0 aromatic rings. The zero-order valence-corrected chi connectivity index (χ0v) is 20.1. The van der Waals surface area contributed by atoms with E-state index in [4.69, 9.17) is 46.4 Å². The Balaban J connectivity index is 5.71. The van der Waals surface area contributed by atoms with Gasteiger partial charge in [0.1, 0.15) is 0 Å². The molecule has 0 aliphatic carbocycles. The lowest BCUT2D eigenvalue weighted by Crippen LogP contribution is -2.41. The molecule has 2 N–H and O–H groups in total. The fraction of sp³-hybridized carbons (Fsp3) is 0.833. The third-order valence-electron chi connectivity index (χ3n) is 2.91. The molecule has 0 aromatic carbocycles. The summed E-state index contributed by atoms with van der Waals surface area (Å²) in [5.74, 6) is 0.142. The van der Waals surface area contributed by atoms with Gasteiger partial charge < -0.3 is 0 Å². The quantitative estimate of drug-likeness (QED) is 0.189. The second-order valence-corrected chi connectivity index (χ2v) is 9.85. The standard InChI is InChI=1S/C12H24Cl4N6O4S2/c1-11(19-21(9-5-15)27(23,24)17-7-3-13)12(2)20-22(10-6-16)28(25,26)18-8-4-14/h17-18H,3-10H2,1-2H3/b19-11+,20-12+. The normalized spacial score (nSPS) is 13.6. The lowest BCUT2D eigenvalue weighted by atomic mass is 10.3. The van der Waals surface area contributed by atoms with E-state index in [1.165, 1.54) is 13.8 Å². The van der Waals surface area contributed by atoms with E-state index < -0.39 is 20.4 Å². The first-order valence-electron chi connectivity index (χ1n) is 7.95. The number of halogens is 4. The van der Waals surface area contributed by atoms with Crippen molar-refractivity contribution in [2.75, 3.05) is 49.7 Å². The summed E-state index contributed by atoms with van der Waals surface area (Å²) in [7, 11) is -7.92. The number of nitrogens with one attached hydrogen (secondary N) is 2. The van der Waals surface area contributed by atoms with Gasteiger partial charge in [-0.2, -0.15) is 45.3 Å². The van der Waals surface area contributed by atoms with Gasteiger partial charge in [0, 0.05) is 36.6 Å². The van der Waals surface area contributed by atoms with Crippen LogP contribution in [0.2, 0.25) is 0 Å². The van der Waals surface area contributed by atoms with E-state index in [1.54, 1.807) is 0 Å². The fourth-order valence-corrected chi connectivity index (χ4v) is 4.63. The summed E-state index contributed by atoms with van der Waals surface area (Å²) in [4.78, 5) is 0. The molecule has 0 aliphatic rings. The van der Waals surface area contributed by atoms with Gasteiger partial charge in [0.05, 0.1) is 24.5 Å². The summed E-state index contributed by atoms with van der Waals surface area (Å²) >= 11 is 22.3. The Bertz CT molecular complexity index is 670. The van der Waals surface area contributed by atoms with Crippen molar-refractivity contribution in [1.29, 1.82) is 0 Å². The first-order valence-corrected chi connectivity index (χ1v) is 13.0. The maximum absolute atomic E-state index is 12.2. The van der Waals surface area contributed by atoms with Gasteiger partial charge in [0.25, 0.3) is 0 Å². The van der Waals surface area contributed by atoms with Crippen molar-refractivity contribution in [2.45, 2.75) is 13.8 Å². The van der Waals surface area contributed by atoms with E-state index in [0.29, 0.717) is 0 Å². The highest BCUT2D eigenvalue weighted by Crippen LogP contribution is 2.05. The molecule has 0 unspecified atom stereocenters. The maximum Gasteiger partial charge on any atom is 0.316 e. The number of hydrogen-bond donors (Lipinski definition) is 2. The summed E-state index contributed by atoms with van der Waals surface area (Å²) in [6.07, 6.45) is 0. The third kappa shape index (κ3) is 10.1. The van der Waals surface area contributed by atoms with E-state index in [1.807, 2.05) is 0 Å². The minimum absolute atomic E-state index is 0.0101. The van der Waals surface area contributed by atoms with Crippen LogP contribution in [0.1, 0.15) is 13.8 Å². The zero-order valence-electron chi connectivity index (χ0n) is 15.4. The minimum atomic E-state index is -3.96. The minimum Gasteiger partial charge on any atom is -0.195 e. The van der Waals surface area contributed by atoms with Crippen LogP contribution in [0.15, 0.2) is 10.2 Å². The van der Waals surface area contributed by atoms with Crippen molar-refractivity contribution >= 4 is 78.2 Å². The topological polar surface area (TPSA) is 124 Å². The van der Waals surface area contributed by atoms with Gasteiger partial charge in [-0.1, -0.05) is 0 Å². The van der Waals surface area contributed by atoms with Gasteiger partial charge in [-0.25, -0.2) is 0 Å². The second-order valence-electron chi connectivity index (χ2n) is 5.02. The molecule has 10 nitrogen and oxygen atoms in total. The first kappa shape index (κ1) is 27.9. The van der Waals surface area contributed by atoms with Gasteiger partial charge >= 0.3 is 20.4 Å². The first-order chi connectivity index (χ1) is 13.1. The molecule has 0 saturated carbocycles. The molecule has 28 heavy (non-hydrogen) atoms. The van der Waals surface area contributed by atoms with Gasteiger partial charge in [-0.3, -0.25) is 0 Å². The molecule has 16 heteroatoms. The summed E-state index contributed by atoms with van der Waals surface area (Å²) in [5, 5.41) is 7.99. The Morgan fingerprint density at radius 2 is 1.04 bits per heavy atom. The van der Waals surface area contributed by atoms with E-state index in [9.17, 15) is 16.8 Å². The maximum atomic E-state index is 12.2. The number of alkyl halides is 4. The summed E-state index contributed by atoms with van der Waals surface area (Å²) in [6.45, 7) is 2.77. The Labute approximate surface area is 186 Å². The molecule has 166 valence electrons. The smallest absolute Gasteiger partial charge is 0.195 e. The molecule has 0 heterocycles. The van der Waals surface area contributed by atoms with Crippen molar-refractivity contribution in [3.05, 3.63) is 0 Å². The highest BCUT2D eigenvalue weighted by Gasteiger charge is 2.22. The molecule has 0 fully saturated rings. The molecule has 0 aromatic heterocycles. The highest BCUT2D eigenvalue weighted by atomic mass is 35.5. The third-order valence-corrected chi connectivity index (χ3v) is 6.40. The molecule has 0 radical (unpaired) electrons. The van der Waals surface area contributed by atoms with Crippen molar-refractivity contribution in [3.8, 4) is 0 Å². The average molecular weight is 522 g/mol. The van der Waals surface area contributed by atoms with Crippen LogP contribution in [0.25, 0.3) is 0 Å². The molecular weight excluding hydrogens is 498 g/mol. The van der Waals surface area contributed by atoms with Crippen molar-refractivity contribution < 1.29 is 16.8 Å². The molecular formula is C12H24Cl4N6O4S2. The molecule has 0 saturated heterocycles. The lowest BCUT2D eigenvalue weighted by molar-refractivity contribution is 0.436. The Hall–Kier alpha value is -0.0800. The largest absolute Gasteiger partial charge is 0.316 e. The Morgan fingerprint density at radius 3 is 1.29 bits per heavy atom.